The molecule has 7 heterocycles. The Bertz CT molecular complexity index is 5750. The minimum absolute atomic E-state index is 0.00271. The third-order valence-electron chi connectivity index (χ3n) is 26.5. The molecule has 147 heavy (non-hydrogen) atoms. The zero-order valence-corrected chi connectivity index (χ0v) is 85.2. The molecule has 5 aromatic rings. The van der Waals surface area contributed by atoms with Crippen LogP contribution in [0, 0.1) is 5.41 Å². The van der Waals surface area contributed by atoms with Gasteiger partial charge in [0, 0.05) is 63.4 Å². The summed E-state index contributed by atoms with van der Waals surface area (Å²) in [6.45, 7) is 10.2. The number of hydrogen-bond donors (Lipinski definition) is 19. The summed E-state index contributed by atoms with van der Waals surface area (Å²) in [4.78, 5) is 309. The number of aromatic carboxylic acids is 1. The van der Waals surface area contributed by atoms with Gasteiger partial charge in [0.2, 0.25) is 100 Å². The van der Waals surface area contributed by atoms with Crippen LogP contribution in [0.2, 0.25) is 0 Å². The Balaban J connectivity index is 1.05. The molecular formula is C102H134N18O25S2. The van der Waals surface area contributed by atoms with Gasteiger partial charge in [-0.2, -0.15) is 11.3 Å². The number of carbonyl (C=O) groups is 21. The van der Waals surface area contributed by atoms with Crippen molar-refractivity contribution >= 4 is 157 Å². The highest BCUT2D eigenvalue weighted by Crippen LogP contribution is 2.36. The lowest BCUT2D eigenvalue weighted by Crippen LogP contribution is -2.66. The summed E-state index contributed by atoms with van der Waals surface area (Å²) in [5.41, 5.74) is -2.12. The molecule has 3 bridgehead atoms. The number of ether oxygens (including phenoxy) is 1. The average Bonchev–Trinajstić information content (AvgIpc) is 1.63. The number of primary amides is 1. The maximum absolute atomic E-state index is 16.1. The number of nitrogens with one attached hydrogen (secondary N) is 15. The first-order chi connectivity index (χ1) is 69.7. The van der Waals surface area contributed by atoms with Crippen LogP contribution in [0.3, 0.4) is 0 Å². The van der Waals surface area contributed by atoms with E-state index in [-0.39, 0.29) is 159 Å². The molecule has 10 rings (SSSR count). The number of benzene rings is 3. The summed E-state index contributed by atoms with van der Waals surface area (Å²) in [5.74, 6) is -21.3. The molecular weight excluding hydrogens is 1940 g/mol. The molecule has 18 amide bonds. The van der Waals surface area contributed by atoms with E-state index >= 15 is 43.2 Å². The van der Waals surface area contributed by atoms with Crippen LogP contribution in [0.5, 0.6) is 0 Å². The van der Waals surface area contributed by atoms with Gasteiger partial charge in [-0.15, -0.1) is 11.3 Å². The minimum Gasteiger partial charge on any atom is -0.481 e. The molecule has 14 atom stereocenters. The monoisotopic (exact) mass is 2070 g/mol. The van der Waals surface area contributed by atoms with Gasteiger partial charge in [-0.25, -0.2) is 9.59 Å². The molecule has 3 aromatic carbocycles. The normalized spacial score (nSPS) is 26.6. The number of nitrogens with zero attached hydrogens (tertiary/aromatic N) is 2. The fourth-order valence-corrected chi connectivity index (χ4v) is 20.0. The molecule has 5 aliphatic rings. The van der Waals surface area contributed by atoms with E-state index in [0.29, 0.717) is 28.5 Å². The fourth-order valence-electron chi connectivity index (χ4n) is 18.3. The Labute approximate surface area is 858 Å². The molecule has 0 radical (unpaired) electrons. The van der Waals surface area contributed by atoms with Gasteiger partial charge in [0.25, 0.3) is 0 Å². The average molecular weight is 2080 g/mol. The van der Waals surface area contributed by atoms with Crippen molar-refractivity contribution in [1.82, 2.24) is 89.6 Å². The third kappa shape index (κ3) is 32.7. The summed E-state index contributed by atoms with van der Waals surface area (Å²) in [7, 11) is 0. The lowest BCUT2D eigenvalue weighted by molar-refractivity contribution is -0.146. The van der Waals surface area contributed by atoms with Gasteiger partial charge in [0.1, 0.15) is 88.6 Å². The van der Waals surface area contributed by atoms with E-state index in [4.69, 9.17) is 10.5 Å². The van der Waals surface area contributed by atoms with Gasteiger partial charge < -0.3 is 115 Å². The van der Waals surface area contributed by atoms with Crippen molar-refractivity contribution in [2.45, 2.75) is 298 Å². The predicted molar refractivity (Wildman–Crippen MR) is 538 cm³/mol. The number of aliphatic carboxylic acids is 2. The smallest absolute Gasteiger partial charge is 0.409 e. The number of carboxylic acid groups (broad SMARTS) is 3. The van der Waals surface area contributed by atoms with Crippen LogP contribution in [0.15, 0.2) is 125 Å². The number of amides is 18. The van der Waals surface area contributed by atoms with Crippen LogP contribution in [-0.4, -0.2) is 271 Å². The maximum atomic E-state index is 16.1. The fraction of sp³-hybridized carbons (Fsp3) is 0.520. The SMILES string of the molecule is CC(=O)N1CCC[C@]12C/C=C/CCC[C@@]1(CCC/C=C/CCCOC(=O)N3CC[C@@]4(C3)NC(=O)[C@H](CCCCNC(=O)CC[C@@H](C(=O)N[C@@H](C)C(N)=O)NC(=O)[C@H](Cc3csc5ccccc35)NC(=O)[C@H](Cc3ccsc3)NC4=O)NC(=O)[C@H](Cc3ccccc3)NC(=O)[C@H](C)NC(=O)C(C)(C)NC(=O)[C@H](Cc3cccc(C(=O)O)c3)NC(=O)[C@H](CC(=O)O)NC1=O)NC(=O)[C@H](CC(C)(C)C)NC(=O)[C@H](CC(=O)O)NC2=O. The Hall–Kier alpha value is -14.5. The van der Waals surface area contributed by atoms with E-state index in [0.717, 1.165) is 9.60 Å². The minimum atomic E-state index is -2.23. The van der Waals surface area contributed by atoms with Crippen LogP contribution in [0.25, 0.3) is 10.1 Å². The standard InChI is InChI=1S/C102H134N18O25S2/c1-59(81(103)127)105-83(129)69-35-36-78(122)104-43-24-20-33-68-89(135)118-101(95(142)113-71(51-64-37-47-146-56-64)85(131)111-73(86(132)108-69)52-66-57-147-77-34-19-18-32-67(66)77)42-45-119(58-101)97(144)145-46-25-14-10-9-11-21-38-100(39-22-12-13-23-40-102(41-27-44-120(102)61(3)121)96(143)115-75(54-80(125)126)88(134)112-76(91(137)117-100)55-98(4,5)6)94(141)114-74(53-79(123)124)87(133)110-72(50-63-30-26-31-65(48-63)92(138)139)90(136)116-99(7,8)93(140)106-60(2)82(128)109-70(84(130)107-68)49-62-28-16-15-17-29-62/h9-10,13,15-19,23,26,28-32,34,37,47-48,56-57,59-60,68-76H,11-12,14,20-22,24-25,27,33,35-36,38-46,49-55,58H2,1-8H3,(H2,103,127)(H,104,122)(H,105,129)(H,106,140)(H,107,130)(H,108,132)(H,109,128)(H,110,133)(H,111,131)(H,112,134)(H,113,142)(H,114,141)(H,115,143)(H,116,136)(H,117,137)(H,118,135)(H,123,124)(H,125,126)(H,138,139)/b10-9+,23-13+/t59-,60-,68-,69-,70-,71-,72-,73-,74-,75-,76-,100+,101-,102-/m0/s1. The number of thiophene rings is 2. The number of rotatable bonds is 17. The van der Waals surface area contributed by atoms with Crippen LogP contribution < -0.4 is 85.5 Å². The second-order valence-corrected chi connectivity index (χ2v) is 41.4. The number of hydrogen-bond acceptors (Lipinski definition) is 24. The number of cyclic esters (lactones) is 1. The van der Waals surface area contributed by atoms with Gasteiger partial charge in [0.05, 0.1) is 31.6 Å². The van der Waals surface area contributed by atoms with Crippen molar-refractivity contribution in [3.05, 3.63) is 153 Å². The first kappa shape index (κ1) is 114. The van der Waals surface area contributed by atoms with E-state index < -0.39 is 251 Å². The van der Waals surface area contributed by atoms with Crippen molar-refractivity contribution in [1.29, 1.82) is 0 Å². The number of likely N-dealkylation sites (tertiary alicyclic amines) is 1. The first-order valence-corrected chi connectivity index (χ1v) is 51.1. The van der Waals surface area contributed by atoms with E-state index in [1.807, 2.05) is 18.2 Å². The van der Waals surface area contributed by atoms with Crippen molar-refractivity contribution in [3.8, 4) is 0 Å². The highest BCUT2D eigenvalue weighted by molar-refractivity contribution is 7.17. The molecule has 3 saturated heterocycles. The van der Waals surface area contributed by atoms with E-state index in [9.17, 15) is 72.9 Å². The Morgan fingerprint density at radius 2 is 1.10 bits per heavy atom. The van der Waals surface area contributed by atoms with Crippen molar-refractivity contribution in [3.63, 3.8) is 0 Å². The van der Waals surface area contributed by atoms with Crippen molar-refractivity contribution in [2.75, 3.05) is 32.8 Å². The molecule has 0 unspecified atom stereocenters. The van der Waals surface area contributed by atoms with E-state index in [1.54, 1.807) is 104 Å². The number of nitrogens with two attached hydrogens (primary N) is 1. The predicted octanol–water partition coefficient (Wildman–Crippen LogP) is 2.73. The molecule has 3 spiro atoms. The van der Waals surface area contributed by atoms with Gasteiger partial charge >= 0.3 is 24.0 Å². The van der Waals surface area contributed by atoms with Gasteiger partial charge in [-0.3, -0.25) is 91.1 Å². The summed E-state index contributed by atoms with van der Waals surface area (Å²) in [6, 6.07) is 3.84. The number of fused-ring (bicyclic) bond motifs is 4. The van der Waals surface area contributed by atoms with Gasteiger partial charge in [0.15, 0.2) is 0 Å². The van der Waals surface area contributed by atoms with Crippen molar-refractivity contribution in [2.24, 2.45) is 11.1 Å². The molecule has 5 aliphatic heterocycles. The zero-order chi connectivity index (χ0) is 107. The van der Waals surface area contributed by atoms with Gasteiger partial charge in [-0.1, -0.05) is 106 Å². The highest BCUT2D eigenvalue weighted by atomic mass is 32.1. The lowest BCUT2D eigenvalue weighted by Gasteiger charge is -2.38. The van der Waals surface area contributed by atoms with Crippen molar-refractivity contribution < 1.29 is 121 Å². The number of carboxylic acids is 3. The van der Waals surface area contributed by atoms with E-state index in [2.05, 4.69) is 79.8 Å². The first-order valence-electron chi connectivity index (χ1n) is 49.3. The van der Waals surface area contributed by atoms with E-state index in [1.165, 1.54) is 86.5 Å². The van der Waals surface area contributed by atoms with Crippen LogP contribution in [0.1, 0.15) is 216 Å². The van der Waals surface area contributed by atoms with Crippen LogP contribution >= 0.6 is 22.7 Å². The topological polar surface area (TPSA) is 641 Å². The molecule has 3 fully saturated rings. The zero-order valence-electron chi connectivity index (χ0n) is 83.6. The van der Waals surface area contributed by atoms with Crippen LogP contribution in [-0.2, 0) is 122 Å². The summed E-state index contributed by atoms with van der Waals surface area (Å²) >= 11 is 2.61. The molecule has 20 N–H and O–H groups in total. The Morgan fingerprint density at radius 1 is 0.531 bits per heavy atom. The van der Waals surface area contributed by atoms with Crippen LogP contribution in [0.4, 0.5) is 4.79 Å². The largest absolute Gasteiger partial charge is 0.481 e. The third-order valence-corrected chi connectivity index (χ3v) is 28.2. The molecule has 43 nitrogen and oxygen atoms in total. The lowest BCUT2D eigenvalue weighted by atomic mass is 9.83. The van der Waals surface area contributed by atoms with Gasteiger partial charge in [-0.05, 0) is 210 Å². The second kappa shape index (κ2) is 52.5. The summed E-state index contributed by atoms with van der Waals surface area (Å²) in [6.07, 6.45) is 0.811. The number of allylic oxidation sites excluding steroid dienone is 3. The molecule has 2 aromatic heterocycles. The second-order valence-electron chi connectivity index (χ2n) is 39.7. The maximum Gasteiger partial charge on any atom is 0.409 e. The number of carbonyl (C=O) groups excluding carboxylic acids is 18. The summed E-state index contributed by atoms with van der Waals surface area (Å²) in [5, 5.41) is 77.1. The summed E-state index contributed by atoms with van der Waals surface area (Å²) < 4.78 is 6.71. The quantitative estimate of drug-likeness (QED) is 0.0595. The molecule has 794 valence electrons. The highest BCUT2D eigenvalue weighted by Gasteiger charge is 2.53. The molecule has 45 heteroatoms. The molecule has 0 aliphatic carbocycles. The Morgan fingerprint density at radius 3 is 1.75 bits per heavy atom. The Kier molecular flexibility index (Phi) is 40.9. The molecule has 0 saturated carbocycles.